The van der Waals surface area contributed by atoms with Crippen LogP contribution in [0.25, 0.3) is 0 Å². The molecule has 0 spiro atoms. The van der Waals surface area contributed by atoms with Crippen molar-refractivity contribution in [1.29, 1.82) is 0 Å². The van der Waals surface area contributed by atoms with E-state index in [-0.39, 0.29) is 5.91 Å². The van der Waals surface area contributed by atoms with Crippen LogP contribution in [0.2, 0.25) is 0 Å². The number of thioether (sulfide) groups is 1. The van der Waals surface area contributed by atoms with Gasteiger partial charge in [-0.05, 0) is 67.4 Å². The Hall–Kier alpha value is -2.77. The summed E-state index contributed by atoms with van der Waals surface area (Å²) >= 11 is 2.98. The third-order valence-corrected chi connectivity index (χ3v) is 6.06. The van der Waals surface area contributed by atoms with Gasteiger partial charge in [-0.3, -0.25) is 4.79 Å². The zero-order valence-corrected chi connectivity index (χ0v) is 18.7. The molecule has 3 rings (SSSR count). The minimum atomic E-state index is -0.0276. The number of hydrogen-bond donors (Lipinski definition) is 2. The van der Waals surface area contributed by atoms with Crippen LogP contribution in [0.3, 0.4) is 0 Å². The lowest BCUT2D eigenvalue weighted by Crippen LogP contribution is -2.13. The SMILES string of the molecule is COc1ccc(OC)c(NSc2ccc(NC(=O)CSc3ccc(C)cc3)cc2)c1. The second-order valence-electron chi connectivity index (χ2n) is 6.44. The third-order valence-electron chi connectivity index (χ3n) is 4.21. The van der Waals surface area contributed by atoms with Gasteiger partial charge >= 0.3 is 0 Å². The number of hydrogen-bond acceptors (Lipinski definition) is 6. The van der Waals surface area contributed by atoms with Crippen LogP contribution in [-0.2, 0) is 4.79 Å². The molecular formula is C23H24N2O3S2. The Bertz CT molecular complexity index is 977. The number of methoxy groups -OCH3 is 2. The van der Waals surface area contributed by atoms with Crippen LogP contribution in [-0.4, -0.2) is 25.9 Å². The second kappa shape index (κ2) is 10.8. The number of ether oxygens (including phenoxy) is 2. The molecule has 5 nitrogen and oxygen atoms in total. The maximum absolute atomic E-state index is 12.2. The second-order valence-corrected chi connectivity index (χ2v) is 8.37. The first-order valence-electron chi connectivity index (χ1n) is 9.31. The lowest BCUT2D eigenvalue weighted by atomic mass is 10.2. The van der Waals surface area contributed by atoms with Crippen molar-refractivity contribution in [2.45, 2.75) is 16.7 Å². The highest BCUT2D eigenvalue weighted by molar-refractivity contribution is 8.00. The van der Waals surface area contributed by atoms with Gasteiger partial charge in [0.15, 0.2) is 0 Å². The van der Waals surface area contributed by atoms with Gasteiger partial charge in [0, 0.05) is 21.5 Å². The van der Waals surface area contributed by atoms with Crippen molar-refractivity contribution in [2.75, 3.05) is 30.0 Å². The first-order chi connectivity index (χ1) is 14.6. The molecule has 7 heteroatoms. The van der Waals surface area contributed by atoms with Gasteiger partial charge in [0.1, 0.15) is 11.5 Å². The average Bonchev–Trinajstić information content (AvgIpc) is 2.78. The Morgan fingerprint density at radius 2 is 1.60 bits per heavy atom. The van der Waals surface area contributed by atoms with Gasteiger partial charge in [0.25, 0.3) is 0 Å². The first-order valence-corrected chi connectivity index (χ1v) is 11.1. The molecule has 0 aliphatic carbocycles. The van der Waals surface area contributed by atoms with E-state index < -0.39 is 0 Å². The fraction of sp³-hybridized carbons (Fsp3) is 0.174. The Morgan fingerprint density at radius 3 is 2.27 bits per heavy atom. The van der Waals surface area contributed by atoms with Gasteiger partial charge < -0.3 is 19.5 Å². The maximum atomic E-state index is 12.2. The Kier molecular flexibility index (Phi) is 7.93. The Labute approximate surface area is 185 Å². The lowest BCUT2D eigenvalue weighted by molar-refractivity contribution is -0.113. The predicted octanol–water partition coefficient (Wildman–Crippen LogP) is 5.86. The van der Waals surface area contributed by atoms with Crippen LogP contribution in [0, 0.1) is 6.92 Å². The largest absolute Gasteiger partial charge is 0.497 e. The summed E-state index contributed by atoms with van der Waals surface area (Å²) in [5.74, 6) is 1.83. The summed E-state index contributed by atoms with van der Waals surface area (Å²) in [6, 6.07) is 21.4. The molecule has 0 unspecified atom stereocenters. The molecule has 3 aromatic rings. The fourth-order valence-electron chi connectivity index (χ4n) is 2.59. The maximum Gasteiger partial charge on any atom is 0.234 e. The van der Waals surface area contributed by atoms with E-state index >= 15 is 0 Å². The first kappa shape index (κ1) is 21.9. The van der Waals surface area contributed by atoms with Crippen LogP contribution in [0.15, 0.2) is 76.5 Å². The van der Waals surface area contributed by atoms with Crippen molar-refractivity contribution in [3.05, 3.63) is 72.3 Å². The molecular weight excluding hydrogens is 416 g/mol. The van der Waals surface area contributed by atoms with Crippen LogP contribution in [0.1, 0.15) is 5.56 Å². The van der Waals surface area contributed by atoms with Gasteiger partial charge in [0.2, 0.25) is 5.91 Å². The van der Waals surface area contributed by atoms with Crippen molar-refractivity contribution in [2.24, 2.45) is 0 Å². The summed E-state index contributed by atoms with van der Waals surface area (Å²) in [6.07, 6.45) is 0. The number of carbonyl (C=O) groups is 1. The number of aryl methyl sites for hydroxylation is 1. The van der Waals surface area contributed by atoms with E-state index in [4.69, 9.17) is 9.47 Å². The van der Waals surface area contributed by atoms with Crippen molar-refractivity contribution < 1.29 is 14.3 Å². The summed E-state index contributed by atoms with van der Waals surface area (Å²) in [5.41, 5.74) is 2.81. The van der Waals surface area contributed by atoms with Gasteiger partial charge in [-0.2, -0.15) is 0 Å². The number of nitrogens with one attached hydrogen (secondary N) is 2. The highest BCUT2D eigenvalue weighted by Crippen LogP contribution is 2.33. The molecule has 0 aliphatic rings. The van der Waals surface area contributed by atoms with Crippen molar-refractivity contribution >= 4 is 41.0 Å². The molecule has 156 valence electrons. The molecule has 0 atom stereocenters. The molecule has 0 radical (unpaired) electrons. The van der Waals surface area contributed by atoms with Gasteiger partial charge in [-0.25, -0.2) is 0 Å². The zero-order valence-electron chi connectivity index (χ0n) is 17.1. The molecule has 0 bridgehead atoms. The minimum Gasteiger partial charge on any atom is -0.497 e. The molecule has 0 saturated carbocycles. The molecule has 0 aromatic heterocycles. The number of carbonyl (C=O) groups excluding carboxylic acids is 1. The summed E-state index contributed by atoms with van der Waals surface area (Å²) in [5, 5.41) is 2.93. The number of anilines is 2. The van der Waals surface area contributed by atoms with Crippen LogP contribution in [0.5, 0.6) is 11.5 Å². The minimum absolute atomic E-state index is 0.0276. The molecule has 0 aliphatic heterocycles. The van der Waals surface area contributed by atoms with E-state index in [1.165, 1.54) is 29.3 Å². The molecule has 1 amide bonds. The van der Waals surface area contributed by atoms with Crippen molar-refractivity contribution in [3.8, 4) is 11.5 Å². The third kappa shape index (κ3) is 6.37. The van der Waals surface area contributed by atoms with Crippen molar-refractivity contribution in [1.82, 2.24) is 0 Å². The van der Waals surface area contributed by atoms with Gasteiger partial charge in [-0.1, -0.05) is 17.7 Å². The van der Waals surface area contributed by atoms with Crippen molar-refractivity contribution in [3.63, 3.8) is 0 Å². The quantitative estimate of drug-likeness (QED) is 0.321. The van der Waals surface area contributed by atoms with E-state index in [2.05, 4.69) is 10.0 Å². The molecule has 2 N–H and O–H groups in total. The summed E-state index contributed by atoms with van der Waals surface area (Å²) < 4.78 is 13.9. The van der Waals surface area contributed by atoms with Crippen LogP contribution >= 0.6 is 23.7 Å². The molecule has 0 fully saturated rings. The fourth-order valence-corrected chi connectivity index (χ4v) is 3.95. The summed E-state index contributed by atoms with van der Waals surface area (Å²) in [4.78, 5) is 14.3. The smallest absolute Gasteiger partial charge is 0.234 e. The van der Waals surface area contributed by atoms with E-state index in [1.54, 1.807) is 14.2 Å². The molecule has 0 heterocycles. The lowest BCUT2D eigenvalue weighted by Gasteiger charge is -2.12. The Morgan fingerprint density at radius 1 is 0.900 bits per heavy atom. The molecule has 0 saturated heterocycles. The highest BCUT2D eigenvalue weighted by atomic mass is 32.2. The normalized spacial score (nSPS) is 10.4. The monoisotopic (exact) mass is 440 g/mol. The summed E-state index contributed by atoms with van der Waals surface area (Å²) in [6.45, 7) is 2.05. The highest BCUT2D eigenvalue weighted by Gasteiger charge is 2.07. The van der Waals surface area contributed by atoms with E-state index in [1.807, 2.05) is 73.7 Å². The average molecular weight is 441 g/mol. The standard InChI is InChI=1S/C23H24N2O3S2/c1-16-4-9-19(10-5-16)29-15-23(26)24-17-6-11-20(12-7-17)30-25-21-14-18(27-2)8-13-22(21)28-3/h4-14,25H,15H2,1-3H3,(H,24,26). The topological polar surface area (TPSA) is 59.6 Å². The van der Waals surface area contributed by atoms with Crippen LogP contribution in [0.4, 0.5) is 11.4 Å². The van der Waals surface area contributed by atoms with E-state index in [9.17, 15) is 4.79 Å². The van der Waals surface area contributed by atoms with Crippen LogP contribution < -0.4 is 19.5 Å². The molecule has 30 heavy (non-hydrogen) atoms. The van der Waals surface area contributed by atoms with Gasteiger partial charge in [0.05, 0.1) is 25.7 Å². The number of amides is 1. The molecule has 3 aromatic carbocycles. The van der Waals surface area contributed by atoms with E-state index in [0.29, 0.717) is 5.75 Å². The van der Waals surface area contributed by atoms with Gasteiger partial charge in [-0.15, -0.1) is 11.8 Å². The predicted molar refractivity (Wildman–Crippen MR) is 126 cm³/mol. The Balaban J connectivity index is 1.51. The zero-order chi connectivity index (χ0) is 21.3. The van der Waals surface area contributed by atoms with E-state index in [0.717, 1.165) is 32.7 Å². The number of benzene rings is 3. The summed E-state index contributed by atoms with van der Waals surface area (Å²) in [7, 11) is 3.26. The number of rotatable bonds is 9.